The lowest BCUT2D eigenvalue weighted by Crippen LogP contribution is -2.12. The number of anilines is 1. The van der Waals surface area contributed by atoms with E-state index in [0.717, 1.165) is 0 Å². The molecule has 16 heavy (non-hydrogen) atoms. The fraction of sp³-hybridized carbons (Fsp3) is 0.364. The van der Waals surface area contributed by atoms with Crippen molar-refractivity contribution in [2.24, 2.45) is 0 Å². The summed E-state index contributed by atoms with van der Waals surface area (Å²) in [4.78, 5) is 11.2. The van der Waals surface area contributed by atoms with Crippen LogP contribution in [0.4, 0.5) is 5.69 Å². The van der Waals surface area contributed by atoms with Crippen molar-refractivity contribution >= 4 is 23.2 Å². The summed E-state index contributed by atoms with van der Waals surface area (Å²) in [7, 11) is 0. The smallest absolute Gasteiger partial charge is 0.226 e. The highest BCUT2D eigenvalue weighted by Crippen LogP contribution is 2.27. The van der Waals surface area contributed by atoms with Crippen molar-refractivity contribution in [2.75, 3.05) is 18.5 Å². The zero-order valence-corrected chi connectivity index (χ0v) is 9.75. The molecule has 2 N–H and O–H groups in total. The van der Waals surface area contributed by atoms with Crippen molar-refractivity contribution in [3.63, 3.8) is 0 Å². The molecule has 1 aromatic rings. The van der Waals surface area contributed by atoms with Gasteiger partial charge in [0.25, 0.3) is 0 Å². The van der Waals surface area contributed by atoms with Crippen molar-refractivity contribution in [3.05, 3.63) is 23.2 Å². The number of rotatable bonds is 5. The van der Waals surface area contributed by atoms with Crippen molar-refractivity contribution < 1.29 is 14.6 Å². The highest BCUT2D eigenvalue weighted by Gasteiger charge is 2.05. The Kier molecular flexibility index (Phi) is 5.08. The number of aliphatic hydroxyl groups is 1. The number of hydrogen-bond acceptors (Lipinski definition) is 3. The molecule has 0 radical (unpaired) electrons. The minimum Gasteiger partial charge on any atom is -0.492 e. The van der Waals surface area contributed by atoms with E-state index >= 15 is 0 Å². The Bertz CT molecular complexity index is 368. The fourth-order valence-electron chi connectivity index (χ4n) is 1.18. The first kappa shape index (κ1) is 12.8. The van der Waals surface area contributed by atoms with Crippen LogP contribution in [0.1, 0.15) is 13.3 Å². The van der Waals surface area contributed by atoms with Crippen LogP contribution in [0.15, 0.2) is 18.2 Å². The Morgan fingerprint density at radius 1 is 1.56 bits per heavy atom. The molecule has 0 fully saturated rings. The Labute approximate surface area is 99.2 Å². The van der Waals surface area contributed by atoms with E-state index in [1.165, 1.54) is 0 Å². The maximum atomic E-state index is 11.2. The first-order chi connectivity index (χ1) is 7.67. The van der Waals surface area contributed by atoms with Gasteiger partial charge < -0.3 is 15.2 Å². The number of benzene rings is 1. The van der Waals surface area contributed by atoms with Gasteiger partial charge in [-0.05, 0) is 25.1 Å². The summed E-state index contributed by atoms with van der Waals surface area (Å²) in [5, 5.41) is 11.6. The second kappa shape index (κ2) is 6.35. The lowest BCUT2D eigenvalue weighted by Gasteiger charge is -2.08. The van der Waals surface area contributed by atoms with E-state index in [9.17, 15) is 4.79 Å². The second-order valence-corrected chi connectivity index (χ2v) is 3.51. The van der Waals surface area contributed by atoms with Crippen LogP contribution in [-0.4, -0.2) is 24.2 Å². The molecule has 0 aliphatic rings. The monoisotopic (exact) mass is 243 g/mol. The largest absolute Gasteiger partial charge is 0.492 e. The average Bonchev–Trinajstić information content (AvgIpc) is 2.22. The molecule has 0 heterocycles. The van der Waals surface area contributed by atoms with Crippen LogP contribution < -0.4 is 10.1 Å². The van der Waals surface area contributed by atoms with Gasteiger partial charge in [-0.3, -0.25) is 4.79 Å². The maximum Gasteiger partial charge on any atom is 0.226 e. The lowest BCUT2D eigenvalue weighted by molar-refractivity contribution is -0.116. The molecule has 1 amide bonds. The Balaban J connectivity index is 2.69. The quantitative estimate of drug-likeness (QED) is 0.832. The maximum absolute atomic E-state index is 11.2. The number of hydrogen-bond donors (Lipinski definition) is 2. The van der Waals surface area contributed by atoms with Crippen LogP contribution in [0.5, 0.6) is 5.75 Å². The SMILES string of the molecule is CCOc1ccc(NC(=O)CCO)cc1Cl. The molecule has 1 rings (SSSR count). The van der Waals surface area contributed by atoms with Crippen molar-refractivity contribution in [2.45, 2.75) is 13.3 Å². The highest BCUT2D eigenvalue weighted by molar-refractivity contribution is 6.32. The van der Waals surface area contributed by atoms with Crippen molar-refractivity contribution in [1.82, 2.24) is 0 Å². The molecule has 4 nitrogen and oxygen atoms in total. The van der Waals surface area contributed by atoms with Gasteiger partial charge in [0.2, 0.25) is 5.91 Å². The number of aliphatic hydroxyl groups excluding tert-OH is 1. The van der Waals surface area contributed by atoms with E-state index in [2.05, 4.69) is 5.32 Å². The van der Waals surface area contributed by atoms with Crippen LogP contribution >= 0.6 is 11.6 Å². The summed E-state index contributed by atoms with van der Waals surface area (Å²) in [5.74, 6) is 0.340. The van der Waals surface area contributed by atoms with Gasteiger partial charge in [0, 0.05) is 5.69 Å². The van der Waals surface area contributed by atoms with Gasteiger partial charge in [-0.15, -0.1) is 0 Å². The summed E-state index contributed by atoms with van der Waals surface area (Å²) in [5.41, 5.74) is 0.590. The summed E-state index contributed by atoms with van der Waals surface area (Å²) >= 11 is 5.94. The van der Waals surface area contributed by atoms with Crippen LogP contribution in [0, 0.1) is 0 Å². The summed E-state index contributed by atoms with van der Waals surface area (Å²) in [6.07, 6.45) is 0.0742. The van der Waals surface area contributed by atoms with Gasteiger partial charge >= 0.3 is 0 Å². The molecule has 0 saturated carbocycles. The summed E-state index contributed by atoms with van der Waals surface area (Å²) < 4.78 is 5.26. The van der Waals surface area contributed by atoms with E-state index < -0.39 is 0 Å². The molecule has 0 bridgehead atoms. The van der Waals surface area contributed by atoms with Gasteiger partial charge in [0.15, 0.2) is 0 Å². The van der Waals surface area contributed by atoms with Crippen LogP contribution in [0.25, 0.3) is 0 Å². The van der Waals surface area contributed by atoms with E-state index in [-0.39, 0.29) is 18.9 Å². The third-order valence-electron chi connectivity index (χ3n) is 1.85. The number of nitrogens with one attached hydrogen (secondary N) is 1. The van der Waals surface area contributed by atoms with Gasteiger partial charge in [0.05, 0.1) is 24.7 Å². The number of carbonyl (C=O) groups excluding carboxylic acids is 1. The number of halogens is 1. The first-order valence-electron chi connectivity index (χ1n) is 5.00. The van der Waals surface area contributed by atoms with Crippen LogP contribution in [0.2, 0.25) is 5.02 Å². The zero-order chi connectivity index (χ0) is 12.0. The fourth-order valence-corrected chi connectivity index (χ4v) is 1.41. The highest BCUT2D eigenvalue weighted by atomic mass is 35.5. The molecule has 0 spiro atoms. The standard InChI is InChI=1S/C11H14ClNO3/c1-2-16-10-4-3-8(7-9(10)12)13-11(15)5-6-14/h3-4,7,14H,2,5-6H2,1H3,(H,13,15). The number of carbonyl (C=O) groups is 1. The van der Waals surface area contributed by atoms with Crippen molar-refractivity contribution in [1.29, 1.82) is 0 Å². The predicted octanol–water partition coefficient (Wildman–Crippen LogP) is 2.06. The van der Waals surface area contributed by atoms with Gasteiger partial charge in [0.1, 0.15) is 5.75 Å². The second-order valence-electron chi connectivity index (χ2n) is 3.10. The van der Waals surface area contributed by atoms with E-state index in [1.54, 1.807) is 18.2 Å². The van der Waals surface area contributed by atoms with E-state index in [4.69, 9.17) is 21.4 Å². The third kappa shape index (κ3) is 3.72. The van der Waals surface area contributed by atoms with Gasteiger partial charge in [-0.25, -0.2) is 0 Å². The molecule has 0 aromatic heterocycles. The van der Waals surface area contributed by atoms with Gasteiger partial charge in [-0.2, -0.15) is 0 Å². The van der Waals surface area contributed by atoms with Gasteiger partial charge in [-0.1, -0.05) is 11.6 Å². The molecular formula is C11H14ClNO3. The zero-order valence-electron chi connectivity index (χ0n) is 9.00. The molecule has 1 aromatic carbocycles. The van der Waals surface area contributed by atoms with Crippen molar-refractivity contribution in [3.8, 4) is 5.75 Å². The van der Waals surface area contributed by atoms with Crippen LogP contribution in [-0.2, 0) is 4.79 Å². The molecular weight excluding hydrogens is 230 g/mol. The topological polar surface area (TPSA) is 58.6 Å². The molecule has 0 atom stereocenters. The minimum absolute atomic E-state index is 0.0742. The van der Waals surface area contributed by atoms with Crippen LogP contribution in [0.3, 0.4) is 0 Å². The Morgan fingerprint density at radius 2 is 2.31 bits per heavy atom. The van der Waals surface area contributed by atoms with E-state index in [0.29, 0.717) is 23.1 Å². The normalized spacial score (nSPS) is 9.94. The molecule has 0 saturated heterocycles. The molecule has 0 unspecified atom stereocenters. The molecule has 88 valence electrons. The summed E-state index contributed by atoms with van der Waals surface area (Å²) in [6, 6.07) is 5.01. The minimum atomic E-state index is -0.247. The molecule has 0 aliphatic carbocycles. The first-order valence-corrected chi connectivity index (χ1v) is 5.38. The molecule has 0 aliphatic heterocycles. The third-order valence-corrected chi connectivity index (χ3v) is 2.15. The summed E-state index contributed by atoms with van der Waals surface area (Å²) in [6.45, 7) is 2.24. The van der Waals surface area contributed by atoms with E-state index in [1.807, 2.05) is 6.92 Å². The number of ether oxygens (including phenoxy) is 1. The predicted molar refractivity (Wildman–Crippen MR) is 63.0 cm³/mol. The Hall–Kier alpha value is -1.26. The number of amides is 1. The lowest BCUT2D eigenvalue weighted by atomic mass is 10.3. The molecule has 5 heteroatoms. The Morgan fingerprint density at radius 3 is 2.88 bits per heavy atom. The average molecular weight is 244 g/mol.